The minimum atomic E-state index is -0.293. The lowest BCUT2D eigenvalue weighted by molar-refractivity contribution is 0.0343. The molecule has 5 heteroatoms. The Labute approximate surface area is 117 Å². The number of benzene rings is 1. The van der Waals surface area contributed by atoms with Crippen LogP contribution in [0.25, 0.3) is 0 Å². The molecule has 1 atom stereocenters. The molecule has 0 fully saturated rings. The third-order valence-corrected chi connectivity index (χ3v) is 3.34. The molecule has 0 amide bonds. The normalized spacial score (nSPS) is 17.8. The van der Waals surface area contributed by atoms with Crippen molar-refractivity contribution < 1.29 is 13.5 Å². The molecule has 0 spiro atoms. The van der Waals surface area contributed by atoms with E-state index in [9.17, 15) is 4.39 Å². The Morgan fingerprint density at radius 1 is 1.50 bits per heavy atom. The first-order valence-corrected chi connectivity index (χ1v) is 6.90. The second-order valence-electron chi connectivity index (χ2n) is 4.80. The van der Waals surface area contributed by atoms with Gasteiger partial charge in [0.2, 0.25) is 0 Å². The summed E-state index contributed by atoms with van der Waals surface area (Å²) in [5.74, 6) is 0.510. The van der Waals surface area contributed by atoms with Gasteiger partial charge in [-0.2, -0.15) is 4.98 Å². The monoisotopic (exact) mass is 276 g/mol. The molecule has 20 heavy (non-hydrogen) atoms. The first-order chi connectivity index (χ1) is 9.76. The third kappa shape index (κ3) is 2.67. The van der Waals surface area contributed by atoms with Crippen LogP contribution < -0.4 is 5.32 Å². The Hall–Kier alpha value is -1.88. The van der Waals surface area contributed by atoms with Crippen LogP contribution in [0.4, 0.5) is 16.1 Å². The summed E-state index contributed by atoms with van der Waals surface area (Å²) >= 11 is 0. The second kappa shape index (κ2) is 5.63. The highest BCUT2D eigenvalue weighted by atomic mass is 19.1. The number of aryl methyl sites for hydroxylation is 1. The smallest absolute Gasteiger partial charge is 0.299 e. The molecule has 1 aromatic heterocycles. The zero-order valence-corrected chi connectivity index (χ0v) is 11.4. The average Bonchev–Trinajstić information content (AvgIpc) is 2.82. The lowest BCUT2D eigenvalue weighted by Gasteiger charge is -2.19. The van der Waals surface area contributed by atoms with Crippen LogP contribution in [0.5, 0.6) is 0 Å². The van der Waals surface area contributed by atoms with Crippen molar-refractivity contribution in [2.24, 2.45) is 0 Å². The zero-order chi connectivity index (χ0) is 13.9. The van der Waals surface area contributed by atoms with Crippen LogP contribution in [0.3, 0.4) is 0 Å². The summed E-state index contributed by atoms with van der Waals surface area (Å²) in [6.07, 6.45) is 2.88. The Kier molecular flexibility index (Phi) is 3.69. The number of oxazole rings is 1. The molecule has 0 bridgehead atoms. The highest BCUT2D eigenvalue weighted by Gasteiger charge is 2.26. The van der Waals surface area contributed by atoms with E-state index >= 15 is 0 Å². The van der Waals surface area contributed by atoms with Crippen LogP contribution in [-0.4, -0.2) is 11.6 Å². The topological polar surface area (TPSA) is 47.3 Å². The number of rotatable bonds is 4. The number of halogens is 1. The summed E-state index contributed by atoms with van der Waals surface area (Å²) in [5.41, 5.74) is 1.56. The fourth-order valence-electron chi connectivity index (χ4n) is 2.48. The van der Waals surface area contributed by atoms with Gasteiger partial charge in [0.1, 0.15) is 11.9 Å². The van der Waals surface area contributed by atoms with Gasteiger partial charge in [-0.25, -0.2) is 4.39 Å². The van der Waals surface area contributed by atoms with E-state index in [0.717, 1.165) is 30.7 Å². The van der Waals surface area contributed by atoms with Crippen LogP contribution in [0.1, 0.15) is 37.3 Å². The van der Waals surface area contributed by atoms with Crippen LogP contribution in [0.15, 0.2) is 28.7 Å². The molecule has 1 aromatic carbocycles. The van der Waals surface area contributed by atoms with E-state index in [2.05, 4.69) is 10.3 Å². The van der Waals surface area contributed by atoms with E-state index < -0.39 is 0 Å². The molecule has 1 aliphatic rings. The van der Waals surface area contributed by atoms with Gasteiger partial charge in [0.15, 0.2) is 5.76 Å². The first-order valence-electron chi connectivity index (χ1n) is 6.90. The van der Waals surface area contributed by atoms with Crippen molar-refractivity contribution in [3.05, 3.63) is 41.5 Å². The fourth-order valence-corrected chi connectivity index (χ4v) is 2.48. The van der Waals surface area contributed by atoms with Crippen molar-refractivity contribution in [3.8, 4) is 0 Å². The van der Waals surface area contributed by atoms with E-state index in [1.165, 1.54) is 12.1 Å². The largest absolute Gasteiger partial charge is 0.425 e. The van der Waals surface area contributed by atoms with Gasteiger partial charge in [-0.15, -0.1) is 0 Å². The van der Waals surface area contributed by atoms with Gasteiger partial charge in [-0.1, -0.05) is 6.07 Å². The molecule has 1 unspecified atom stereocenters. The average molecular weight is 276 g/mol. The number of nitrogens with one attached hydrogen (secondary N) is 1. The second-order valence-corrected chi connectivity index (χ2v) is 4.80. The minimum Gasteiger partial charge on any atom is -0.425 e. The maximum atomic E-state index is 13.1. The van der Waals surface area contributed by atoms with Gasteiger partial charge in [0, 0.05) is 12.3 Å². The number of ether oxygens (including phenoxy) is 1. The van der Waals surface area contributed by atoms with E-state index in [1.807, 2.05) is 6.92 Å². The molecular weight excluding hydrogens is 259 g/mol. The minimum absolute atomic E-state index is 0.0145. The lowest BCUT2D eigenvalue weighted by atomic mass is 9.99. The summed E-state index contributed by atoms with van der Waals surface area (Å²) in [7, 11) is 0. The molecular formula is C15H17FN2O2. The van der Waals surface area contributed by atoms with Crippen LogP contribution in [-0.2, 0) is 11.2 Å². The number of anilines is 2. The van der Waals surface area contributed by atoms with Gasteiger partial charge >= 0.3 is 0 Å². The van der Waals surface area contributed by atoms with Crippen molar-refractivity contribution in [1.29, 1.82) is 0 Å². The Morgan fingerprint density at radius 3 is 3.20 bits per heavy atom. The standard InChI is InChI=1S/C15H17FN2O2/c1-2-19-13-8-4-7-12-14(13)20-15(18-12)17-11-6-3-5-10(16)9-11/h3,5-6,9,13H,2,4,7-8H2,1H3,(H,17,18). The third-order valence-electron chi connectivity index (χ3n) is 3.34. The SMILES string of the molecule is CCOC1CCCc2nc(Nc3cccc(F)c3)oc21. The number of hydrogen-bond donors (Lipinski definition) is 1. The molecule has 0 aliphatic heterocycles. The quantitative estimate of drug-likeness (QED) is 0.917. The van der Waals surface area contributed by atoms with Gasteiger partial charge in [0.25, 0.3) is 6.01 Å². The molecule has 0 radical (unpaired) electrons. The Bertz CT molecular complexity index is 597. The number of aromatic nitrogens is 1. The number of hydrogen-bond acceptors (Lipinski definition) is 4. The summed E-state index contributed by atoms with van der Waals surface area (Å²) < 4.78 is 24.6. The van der Waals surface area contributed by atoms with Crippen molar-refractivity contribution in [2.75, 3.05) is 11.9 Å². The summed E-state index contributed by atoms with van der Waals surface area (Å²) in [6, 6.07) is 6.61. The number of fused-ring (bicyclic) bond motifs is 1. The molecule has 1 heterocycles. The van der Waals surface area contributed by atoms with Gasteiger partial charge < -0.3 is 14.5 Å². The van der Waals surface area contributed by atoms with Crippen LogP contribution >= 0.6 is 0 Å². The zero-order valence-electron chi connectivity index (χ0n) is 11.4. The number of nitrogens with zero attached hydrogens (tertiary/aromatic N) is 1. The van der Waals surface area contributed by atoms with Gasteiger partial charge in [-0.05, 0) is 44.4 Å². The molecule has 106 valence electrons. The van der Waals surface area contributed by atoms with E-state index in [4.69, 9.17) is 9.15 Å². The molecule has 3 rings (SSSR count). The predicted molar refractivity (Wildman–Crippen MR) is 73.5 cm³/mol. The molecule has 0 saturated heterocycles. The molecule has 1 aliphatic carbocycles. The van der Waals surface area contributed by atoms with Crippen LogP contribution in [0.2, 0.25) is 0 Å². The predicted octanol–water partition coefficient (Wildman–Crippen LogP) is 3.97. The van der Waals surface area contributed by atoms with Crippen LogP contribution in [0, 0.1) is 5.82 Å². The van der Waals surface area contributed by atoms with Crippen molar-refractivity contribution in [3.63, 3.8) is 0 Å². The van der Waals surface area contributed by atoms with Crippen molar-refractivity contribution >= 4 is 11.7 Å². The molecule has 1 N–H and O–H groups in total. The lowest BCUT2D eigenvalue weighted by Crippen LogP contribution is -2.11. The first kappa shape index (κ1) is 13.1. The van der Waals surface area contributed by atoms with E-state index in [-0.39, 0.29) is 11.9 Å². The maximum Gasteiger partial charge on any atom is 0.299 e. The summed E-state index contributed by atoms with van der Waals surface area (Å²) in [6.45, 7) is 2.62. The van der Waals surface area contributed by atoms with Crippen molar-refractivity contribution in [2.45, 2.75) is 32.3 Å². The summed E-state index contributed by atoms with van der Waals surface area (Å²) in [5, 5.41) is 2.99. The highest BCUT2D eigenvalue weighted by molar-refractivity contribution is 5.52. The summed E-state index contributed by atoms with van der Waals surface area (Å²) in [4.78, 5) is 4.43. The maximum absolute atomic E-state index is 13.1. The fraction of sp³-hybridized carbons (Fsp3) is 0.400. The molecule has 2 aromatic rings. The van der Waals surface area contributed by atoms with Crippen molar-refractivity contribution in [1.82, 2.24) is 4.98 Å². The van der Waals surface area contributed by atoms with Gasteiger partial charge in [0.05, 0.1) is 5.69 Å². The highest BCUT2D eigenvalue weighted by Crippen LogP contribution is 2.34. The molecule has 4 nitrogen and oxygen atoms in total. The Balaban J connectivity index is 1.82. The molecule has 0 saturated carbocycles. The Morgan fingerprint density at radius 2 is 2.40 bits per heavy atom. The van der Waals surface area contributed by atoms with E-state index in [0.29, 0.717) is 18.3 Å². The van der Waals surface area contributed by atoms with Gasteiger partial charge in [-0.3, -0.25) is 0 Å². The van der Waals surface area contributed by atoms with E-state index in [1.54, 1.807) is 12.1 Å².